The molecule has 3 aromatic rings. The highest BCUT2D eigenvalue weighted by atomic mass is 16.5. The average Bonchev–Trinajstić information content (AvgIpc) is 3.03. The van der Waals surface area contributed by atoms with Crippen molar-refractivity contribution < 1.29 is 9.53 Å². The molecule has 0 amide bonds. The molecule has 0 atom stereocenters. The number of hydrogen-bond acceptors (Lipinski definition) is 4. The van der Waals surface area contributed by atoms with Crippen molar-refractivity contribution in [2.45, 2.75) is 53.4 Å². The lowest BCUT2D eigenvalue weighted by Gasteiger charge is -2.33. The van der Waals surface area contributed by atoms with Crippen molar-refractivity contribution in [2.24, 2.45) is 5.41 Å². The fourth-order valence-corrected chi connectivity index (χ4v) is 3.76. The third-order valence-corrected chi connectivity index (χ3v) is 4.77. The number of aromatic nitrogens is 3. The smallest absolute Gasteiger partial charge is 0.338 e. The molecule has 0 aliphatic carbocycles. The fraction of sp³-hybridized carbons (Fsp3) is 0.375. The molecule has 29 heavy (non-hydrogen) atoms. The molecule has 3 rings (SSSR count). The first-order chi connectivity index (χ1) is 13.5. The van der Waals surface area contributed by atoms with Crippen molar-refractivity contribution in [1.29, 1.82) is 0 Å². The third-order valence-electron chi connectivity index (χ3n) is 4.77. The number of hydrogen-bond donors (Lipinski definition) is 0. The van der Waals surface area contributed by atoms with E-state index in [0.717, 1.165) is 23.0 Å². The number of esters is 1. The van der Waals surface area contributed by atoms with Crippen molar-refractivity contribution in [3.63, 3.8) is 0 Å². The average molecular weight is 392 g/mol. The topological polar surface area (TPSA) is 57.0 Å². The van der Waals surface area contributed by atoms with E-state index in [1.807, 2.05) is 42.5 Å². The van der Waals surface area contributed by atoms with Gasteiger partial charge in [0.25, 0.3) is 0 Å². The molecule has 1 aromatic heterocycles. The number of rotatable bonds is 5. The first-order valence-electron chi connectivity index (χ1n) is 9.81. The molecule has 5 nitrogen and oxygen atoms in total. The zero-order valence-corrected chi connectivity index (χ0v) is 18.1. The minimum absolute atomic E-state index is 0.0729. The minimum Gasteiger partial charge on any atom is -0.421 e. The molecule has 152 valence electrons. The van der Waals surface area contributed by atoms with Gasteiger partial charge in [0, 0.05) is 5.57 Å². The molecule has 0 fully saturated rings. The maximum Gasteiger partial charge on any atom is 0.338 e. The van der Waals surface area contributed by atoms with Gasteiger partial charge in [-0.25, -0.2) is 4.79 Å². The van der Waals surface area contributed by atoms with E-state index >= 15 is 0 Å². The van der Waals surface area contributed by atoms with Crippen LogP contribution in [0.25, 0.3) is 16.7 Å². The molecule has 0 aliphatic rings. The predicted molar refractivity (Wildman–Crippen MR) is 116 cm³/mol. The Morgan fingerprint density at radius 1 is 1.03 bits per heavy atom. The summed E-state index contributed by atoms with van der Waals surface area (Å²) in [6.45, 7) is 16.5. The molecule has 0 spiro atoms. The Balaban J connectivity index is 2.13. The molecule has 0 bridgehead atoms. The van der Waals surface area contributed by atoms with E-state index < -0.39 is 5.97 Å². The van der Waals surface area contributed by atoms with Gasteiger partial charge < -0.3 is 4.74 Å². The van der Waals surface area contributed by atoms with Crippen LogP contribution in [0.2, 0.25) is 0 Å². The van der Waals surface area contributed by atoms with E-state index in [9.17, 15) is 4.79 Å². The molecular formula is C24H29N3O2. The number of nitrogens with zero attached hydrogens (tertiary/aromatic N) is 3. The Bertz CT molecular complexity index is 1040. The molecule has 0 N–H and O–H groups in total. The summed E-state index contributed by atoms with van der Waals surface area (Å²) in [6, 6.07) is 13.5. The van der Waals surface area contributed by atoms with Crippen molar-refractivity contribution in [2.75, 3.05) is 0 Å². The van der Waals surface area contributed by atoms with E-state index in [0.29, 0.717) is 17.0 Å². The van der Waals surface area contributed by atoms with Crippen LogP contribution < -0.4 is 4.74 Å². The van der Waals surface area contributed by atoms with Crippen LogP contribution in [0.5, 0.6) is 5.75 Å². The summed E-state index contributed by atoms with van der Waals surface area (Å²) in [4.78, 5) is 13.7. The van der Waals surface area contributed by atoms with E-state index in [4.69, 9.17) is 4.74 Å². The molecule has 0 saturated heterocycles. The molecule has 0 aliphatic heterocycles. The molecule has 5 heteroatoms. The van der Waals surface area contributed by atoms with Crippen molar-refractivity contribution in [3.05, 3.63) is 60.2 Å². The summed E-state index contributed by atoms with van der Waals surface area (Å²) in [5, 5.41) is 9.17. The van der Waals surface area contributed by atoms with Crippen LogP contribution in [-0.2, 0) is 10.2 Å². The van der Waals surface area contributed by atoms with Crippen LogP contribution in [0.4, 0.5) is 0 Å². The van der Waals surface area contributed by atoms with Crippen molar-refractivity contribution in [3.8, 4) is 11.4 Å². The van der Waals surface area contributed by atoms with Gasteiger partial charge in [-0.2, -0.15) is 0 Å². The van der Waals surface area contributed by atoms with Crippen LogP contribution in [0.1, 0.15) is 53.5 Å². The molecule has 0 saturated carbocycles. The van der Waals surface area contributed by atoms with Gasteiger partial charge >= 0.3 is 5.97 Å². The Kier molecular flexibility index (Phi) is 5.35. The summed E-state index contributed by atoms with van der Waals surface area (Å²) >= 11 is 0. The molecule has 1 heterocycles. The van der Waals surface area contributed by atoms with Gasteiger partial charge in [0.15, 0.2) is 5.75 Å². The van der Waals surface area contributed by atoms with Crippen LogP contribution in [0.15, 0.2) is 54.6 Å². The predicted octanol–water partition coefficient (Wildman–Crippen LogP) is 5.62. The zero-order valence-electron chi connectivity index (χ0n) is 18.1. The van der Waals surface area contributed by atoms with Gasteiger partial charge in [0.2, 0.25) is 0 Å². The number of carbonyl (C=O) groups is 1. The highest BCUT2D eigenvalue weighted by molar-refractivity contribution is 5.89. The van der Waals surface area contributed by atoms with Crippen LogP contribution in [0.3, 0.4) is 0 Å². The quantitative estimate of drug-likeness (QED) is 0.322. The standard InChI is InChI=1S/C24H29N3O2/c1-16(2)22(28)29-21-13-12-17(24(6,7)15-23(3,4)5)14-20(21)27-25-18-10-8-9-11-19(18)26-27/h8-14H,1,15H2,2-7H3. The normalized spacial score (nSPS) is 12.2. The Morgan fingerprint density at radius 2 is 1.62 bits per heavy atom. The van der Waals surface area contributed by atoms with Crippen molar-refractivity contribution in [1.82, 2.24) is 15.0 Å². The van der Waals surface area contributed by atoms with Crippen LogP contribution in [0, 0.1) is 5.41 Å². The number of benzene rings is 2. The summed E-state index contributed by atoms with van der Waals surface area (Å²) < 4.78 is 5.59. The van der Waals surface area contributed by atoms with Crippen molar-refractivity contribution >= 4 is 17.0 Å². The van der Waals surface area contributed by atoms with Gasteiger partial charge in [-0.15, -0.1) is 15.0 Å². The Morgan fingerprint density at radius 3 is 2.14 bits per heavy atom. The molecule has 0 radical (unpaired) electrons. The molecule has 2 aromatic carbocycles. The summed E-state index contributed by atoms with van der Waals surface area (Å²) in [5.74, 6) is -0.0572. The minimum atomic E-state index is -0.468. The van der Waals surface area contributed by atoms with Gasteiger partial charge in [-0.3, -0.25) is 0 Å². The van der Waals surface area contributed by atoms with Gasteiger partial charge in [-0.1, -0.05) is 59.4 Å². The van der Waals surface area contributed by atoms with E-state index in [1.165, 1.54) is 0 Å². The maximum atomic E-state index is 12.2. The highest BCUT2D eigenvalue weighted by Crippen LogP contribution is 2.38. The SMILES string of the molecule is C=C(C)C(=O)Oc1ccc(C(C)(C)CC(C)(C)C)cc1-n1nc2ccccc2n1. The van der Waals surface area contributed by atoms with E-state index in [2.05, 4.69) is 51.4 Å². The van der Waals surface area contributed by atoms with Gasteiger partial charge in [0.05, 0.1) is 0 Å². The first kappa shape index (κ1) is 20.8. The van der Waals surface area contributed by atoms with Gasteiger partial charge in [0.1, 0.15) is 16.7 Å². The van der Waals surface area contributed by atoms with E-state index in [1.54, 1.807) is 11.7 Å². The number of carbonyl (C=O) groups excluding carboxylic acids is 1. The second kappa shape index (κ2) is 7.47. The Labute approximate surface area is 172 Å². The lowest BCUT2D eigenvalue weighted by molar-refractivity contribution is -0.130. The highest BCUT2D eigenvalue weighted by Gasteiger charge is 2.28. The first-order valence-corrected chi connectivity index (χ1v) is 9.81. The second-order valence-corrected chi connectivity index (χ2v) is 9.45. The lowest BCUT2D eigenvalue weighted by Crippen LogP contribution is -2.25. The Hall–Kier alpha value is -2.95. The van der Waals surface area contributed by atoms with Crippen LogP contribution >= 0.6 is 0 Å². The summed E-state index contributed by atoms with van der Waals surface area (Å²) in [7, 11) is 0. The van der Waals surface area contributed by atoms with Gasteiger partial charge in [-0.05, 0) is 54.0 Å². The van der Waals surface area contributed by atoms with E-state index in [-0.39, 0.29) is 10.8 Å². The van der Waals surface area contributed by atoms with Crippen LogP contribution in [-0.4, -0.2) is 21.0 Å². The zero-order chi connectivity index (χ0) is 21.4. The fourth-order valence-electron chi connectivity index (χ4n) is 3.76. The second-order valence-electron chi connectivity index (χ2n) is 9.45. The lowest BCUT2D eigenvalue weighted by atomic mass is 9.72. The number of ether oxygens (including phenoxy) is 1. The largest absolute Gasteiger partial charge is 0.421 e. The molecule has 0 unspecified atom stereocenters. The summed E-state index contributed by atoms with van der Waals surface area (Å²) in [6.07, 6.45) is 0.999. The summed E-state index contributed by atoms with van der Waals surface area (Å²) in [5.41, 5.74) is 3.78. The molecular weight excluding hydrogens is 362 g/mol. The maximum absolute atomic E-state index is 12.2. The monoisotopic (exact) mass is 391 g/mol. The third kappa shape index (κ3) is 4.73. The number of fused-ring (bicyclic) bond motifs is 1.